The highest BCUT2D eigenvalue weighted by atomic mass is 127. The topological polar surface area (TPSA) is 20.3 Å². The SMILES string of the molecule is CCCCCN(CCCCC)C(=O)c1ccc(I)c(Cl)c1. The molecule has 1 aromatic rings. The van der Waals surface area contributed by atoms with Gasteiger partial charge in [-0.1, -0.05) is 51.1 Å². The van der Waals surface area contributed by atoms with E-state index in [2.05, 4.69) is 36.4 Å². The van der Waals surface area contributed by atoms with Crippen molar-refractivity contribution in [1.82, 2.24) is 4.90 Å². The molecule has 1 rings (SSSR count). The molecule has 0 saturated heterocycles. The van der Waals surface area contributed by atoms with Crippen LogP contribution in [0, 0.1) is 3.57 Å². The summed E-state index contributed by atoms with van der Waals surface area (Å²) in [6.07, 6.45) is 6.84. The summed E-state index contributed by atoms with van der Waals surface area (Å²) in [5.41, 5.74) is 0.702. The van der Waals surface area contributed by atoms with Crippen LogP contribution < -0.4 is 0 Å². The molecule has 0 heterocycles. The molecule has 0 N–H and O–H groups in total. The second-order valence-corrected chi connectivity index (χ2v) is 6.90. The molecule has 0 aliphatic heterocycles. The number of rotatable bonds is 9. The molecule has 0 fully saturated rings. The number of carbonyl (C=O) groups excluding carboxylic acids is 1. The third-order valence-corrected chi connectivity index (χ3v) is 5.09. The van der Waals surface area contributed by atoms with Gasteiger partial charge in [0.05, 0.1) is 5.02 Å². The van der Waals surface area contributed by atoms with Crippen molar-refractivity contribution < 1.29 is 4.79 Å². The van der Waals surface area contributed by atoms with Crippen molar-refractivity contribution in [2.75, 3.05) is 13.1 Å². The summed E-state index contributed by atoms with van der Waals surface area (Å²) >= 11 is 8.32. The Morgan fingerprint density at radius 2 is 1.67 bits per heavy atom. The van der Waals surface area contributed by atoms with E-state index < -0.39 is 0 Å². The molecule has 0 bridgehead atoms. The Labute approximate surface area is 147 Å². The highest BCUT2D eigenvalue weighted by Crippen LogP contribution is 2.21. The van der Waals surface area contributed by atoms with E-state index in [0.29, 0.717) is 10.6 Å². The zero-order valence-electron chi connectivity index (χ0n) is 13.0. The average molecular weight is 422 g/mol. The Hall–Kier alpha value is -0.290. The monoisotopic (exact) mass is 421 g/mol. The summed E-state index contributed by atoms with van der Waals surface area (Å²) in [5, 5.41) is 0.656. The zero-order chi connectivity index (χ0) is 15.7. The summed E-state index contributed by atoms with van der Waals surface area (Å²) < 4.78 is 0.981. The van der Waals surface area contributed by atoms with Crippen LogP contribution in [0.2, 0.25) is 5.02 Å². The molecule has 21 heavy (non-hydrogen) atoms. The molecule has 0 saturated carbocycles. The van der Waals surface area contributed by atoms with Gasteiger partial charge in [-0.05, 0) is 53.6 Å². The fourth-order valence-corrected chi connectivity index (χ4v) is 2.75. The molecule has 0 atom stereocenters. The predicted octanol–water partition coefficient (Wildman–Crippen LogP) is 5.77. The molecule has 0 aromatic heterocycles. The smallest absolute Gasteiger partial charge is 0.253 e. The first-order chi connectivity index (χ1) is 10.1. The van der Waals surface area contributed by atoms with Crippen molar-refractivity contribution in [3.8, 4) is 0 Å². The van der Waals surface area contributed by atoms with Gasteiger partial charge in [0.15, 0.2) is 0 Å². The molecule has 1 amide bonds. The minimum Gasteiger partial charge on any atom is -0.339 e. The number of benzene rings is 1. The number of hydrogen-bond acceptors (Lipinski definition) is 1. The lowest BCUT2D eigenvalue weighted by atomic mass is 10.1. The molecule has 1 aromatic carbocycles. The zero-order valence-corrected chi connectivity index (χ0v) is 15.9. The fourth-order valence-electron chi connectivity index (χ4n) is 2.23. The lowest BCUT2D eigenvalue weighted by Crippen LogP contribution is -2.33. The maximum atomic E-state index is 12.7. The molecule has 0 unspecified atom stereocenters. The lowest BCUT2D eigenvalue weighted by molar-refractivity contribution is 0.0749. The summed E-state index contributed by atoms with van der Waals surface area (Å²) in [6, 6.07) is 5.58. The molecular weight excluding hydrogens is 397 g/mol. The first kappa shape index (κ1) is 18.8. The second kappa shape index (κ2) is 10.4. The molecular formula is C17H25ClINO. The first-order valence-corrected chi connectivity index (χ1v) is 9.30. The van der Waals surface area contributed by atoms with Gasteiger partial charge in [-0.15, -0.1) is 0 Å². The van der Waals surface area contributed by atoms with E-state index in [1.54, 1.807) is 6.07 Å². The first-order valence-electron chi connectivity index (χ1n) is 7.84. The van der Waals surface area contributed by atoms with E-state index in [9.17, 15) is 4.79 Å². The highest BCUT2D eigenvalue weighted by molar-refractivity contribution is 14.1. The largest absolute Gasteiger partial charge is 0.339 e. The molecule has 0 aliphatic rings. The van der Waals surface area contributed by atoms with Crippen LogP contribution in [0.15, 0.2) is 18.2 Å². The number of amides is 1. The average Bonchev–Trinajstić information content (AvgIpc) is 2.48. The maximum absolute atomic E-state index is 12.7. The Morgan fingerprint density at radius 1 is 1.10 bits per heavy atom. The third-order valence-electron chi connectivity index (χ3n) is 3.52. The van der Waals surface area contributed by atoms with E-state index in [1.165, 1.54) is 25.7 Å². The number of hydrogen-bond donors (Lipinski definition) is 0. The van der Waals surface area contributed by atoms with Gasteiger partial charge in [0.2, 0.25) is 0 Å². The number of carbonyl (C=O) groups is 1. The van der Waals surface area contributed by atoms with Gasteiger partial charge in [-0.3, -0.25) is 4.79 Å². The minimum absolute atomic E-state index is 0.112. The summed E-state index contributed by atoms with van der Waals surface area (Å²) in [4.78, 5) is 14.7. The van der Waals surface area contributed by atoms with Gasteiger partial charge in [-0.25, -0.2) is 0 Å². The van der Waals surface area contributed by atoms with E-state index in [4.69, 9.17) is 11.6 Å². The van der Waals surface area contributed by atoms with Gasteiger partial charge in [0.25, 0.3) is 5.91 Å². The quantitative estimate of drug-likeness (QED) is 0.366. The van der Waals surface area contributed by atoms with Gasteiger partial charge < -0.3 is 4.90 Å². The number of nitrogens with zero attached hydrogens (tertiary/aromatic N) is 1. The summed E-state index contributed by atoms with van der Waals surface area (Å²) in [6.45, 7) is 6.06. The Kier molecular flexibility index (Phi) is 9.32. The second-order valence-electron chi connectivity index (χ2n) is 5.34. The van der Waals surface area contributed by atoms with Crippen LogP contribution in [0.5, 0.6) is 0 Å². The van der Waals surface area contributed by atoms with Crippen molar-refractivity contribution >= 4 is 40.1 Å². The van der Waals surface area contributed by atoms with Gasteiger partial charge in [-0.2, -0.15) is 0 Å². The van der Waals surface area contributed by atoms with Crippen molar-refractivity contribution in [3.63, 3.8) is 0 Å². The Bertz CT molecular complexity index is 440. The van der Waals surface area contributed by atoms with Crippen molar-refractivity contribution in [2.45, 2.75) is 52.4 Å². The van der Waals surface area contributed by atoms with Crippen LogP contribution in [-0.2, 0) is 0 Å². The van der Waals surface area contributed by atoms with E-state index in [0.717, 1.165) is 29.5 Å². The van der Waals surface area contributed by atoms with Crippen LogP contribution in [0.1, 0.15) is 62.7 Å². The van der Waals surface area contributed by atoms with Crippen LogP contribution in [-0.4, -0.2) is 23.9 Å². The maximum Gasteiger partial charge on any atom is 0.253 e. The standard InChI is InChI=1S/C17H25ClINO/c1-3-5-7-11-20(12-8-6-4-2)17(21)14-9-10-16(19)15(18)13-14/h9-10,13H,3-8,11-12H2,1-2H3. The molecule has 0 aliphatic carbocycles. The fraction of sp³-hybridized carbons (Fsp3) is 0.588. The van der Waals surface area contributed by atoms with Gasteiger partial charge >= 0.3 is 0 Å². The number of unbranched alkanes of at least 4 members (excludes halogenated alkanes) is 4. The predicted molar refractivity (Wildman–Crippen MR) is 99.1 cm³/mol. The normalized spacial score (nSPS) is 10.7. The van der Waals surface area contributed by atoms with Gasteiger partial charge in [0.1, 0.15) is 0 Å². The minimum atomic E-state index is 0.112. The molecule has 0 spiro atoms. The van der Waals surface area contributed by atoms with Crippen LogP contribution in [0.3, 0.4) is 0 Å². The lowest BCUT2D eigenvalue weighted by Gasteiger charge is -2.23. The van der Waals surface area contributed by atoms with Crippen LogP contribution >= 0.6 is 34.2 Å². The Balaban J connectivity index is 2.73. The van der Waals surface area contributed by atoms with Crippen molar-refractivity contribution in [3.05, 3.63) is 32.4 Å². The number of halogens is 2. The van der Waals surface area contributed by atoms with E-state index in [1.807, 2.05) is 17.0 Å². The Morgan fingerprint density at radius 3 is 2.14 bits per heavy atom. The summed E-state index contributed by atoms with van der Waals surface area (Å²) in [5.74, 6) is 0.112. The molecule has 0 radical (unpaired) electrons. The van der Waals surface area contributed by atoms with E-state index in [-0.39, 0.29) is 5.91 Å². The summed E-state index contributed by atoms with van der Waals surface area (Å²) in [7, 11) is 0. The van der Waals surface area contributed by atoms with Crippen LogP contribution in [0.4, 0.5) is 0 Å². The van der Waals surface area contributed by atoms with Gasteiger partial charge in [0, 0.05) is 22.2 Å². The molecule has 2 nitrogen and oxygen atoms in total. The van der Waals surface area contributed by atoms with E-state index >= 15 is 0 Å². The highest BCUT2D eigenvalue weighted by Gasteiger charge is 2.16. The van der Waals surface area contributed by atoms with Crippen LogP contribution in [0.25, 0.3) is 0 Å². The van der Waals surface area contributed by atoms with Crippen molar-refractivity contribution in [2.24, 2.45) is 0 Å². The molecule has 118 valence electrons. The van der Waals surface area contributed by atoms with Crippen molar-refractivity contribution in [1.29, 1.82) is 0 Å². The molecule has 4 heteroatoms. The third kappa shape index (κ3) is 6.55.